The molecular formula is C23H31FIN3O6S. The van der Waals surface area contributed by atoms with Gasteiger partial charge in [-0.05, 0) is 72.0 Å². The highest BCUT2D eigenvalue weighted by molar-refractivity contribution is 14.1. The Hall–Kier alpha value is -1.74. The minimum absolute atomic E-state index is 0.0217. The lowest BCUT2D eigenvalue weighted by atomic mass is 10.2. The second-order valence-electron chi connectivity index (χ2n) is 9.28. The Labute approximate surface area is 217 Å². The smallest absolute Gasteiger partial charge is 0.257 e. The fraction of sp³-hybridized carbons (Fsp3) is 0.522. The summed E-state index contributed by atoms with van der Waals surface area (Å²) in [5.74, 6) is -0.258. The second-order valence-corrected chi connectivity index (χ2v) is 12.6. The standard InChI is InChI=1S/C23H31FIN3O6S/c1-14(2)12-34-13-15-8-20(27-35(32,33)23(6-7-23)10-17(30)11-29)21(28(3)22(15)31)26-19-5-4-16(25)9-18(19)24/h4-5,8-9,14,17,26-27,29-30H,6-7,10-13H2,1-3H3. The third-order valence-electron chi connectivity index (χ3n) is 5.82. The van der Waals surface area contributed by atoms with Crippen molar-refractivity contribution in [2.75, 3.05) is 23.3 Å². The van der Waals surface area contributed by atoms with Crippen LogP contribution in [0.5, 0.6) is 0 Å². The third-order valence-corrected chi connectivity index (χ3v) is 8.70. The van der Waals surface area contributed by atoms with Gasteiger partial charge in [-0.3, -0.25) is 14.1 Å². The molecule has 194 valence electrons. The van der Waals surface area contributed by atoms with Crippen molar-refractivity contribution in [3.05, 3.63) is 49.6 Å². The van der Waals surface area contributed by atoms with E-state index in [1.165, 1.54) is 29.8 Å². The first-order valence-electron chi connectivity index (χ1n) is 11.2. The monoisotopic (exact) mass is 623 g/mol. The van der Waals surface area contributed by atoms with Crippen molar-refractivity contribution in [3.63, 3.8) is 0 Å². The maximum Gasteiger partial charge on any atom is 0.257 e. The first kappa shape index (κ1) is 27.8. The van der Waals surface area contributed by atoms with Gasteiger partial charge in [-0.25, -0.2) is 12.8 Å². The number of ether oxygens (including phenoxy) is 1. The molecule has 1 heterocycles. The summed E-state index contributed by atoms with van der Waals surface area (Å²) in [5.41, 5.74) is -0.0545. The van der Waals surface area contributed by atoms with Crippen molar-refractivity contribution in [1.82, 2.24) is 4.57 Å². The van der Waals surface area contributed by atoms with Gasteiger partial charge in [0, 0.05) is 22.8 Å². The van der Waals surface area contributed by atoms with E-state index in [2.05, 4.69) is 10.0 Å². The Kier molecular flexibility index (Phi) is 8.84. The van der Waals surface area contributed by atoms with Crippen molar-refractivity contribution in [2.45, 2.75) is 50.6 Å². The van der Waals surface area contributed by atoms with Gasteiger partial charge >= 0.3 is 0 Å². The summed E-state index contributed by atoms with van der Waals surface area (Å²) in [5, 5.41) is 21.9. The molecule has 0 bridgehead atoms. The zero-order chi connectivity index (χ0) is 26.0. The van der Waals surface area contributed by atoms with Crippen LogP contribution in [0.2, 0.25) is 0 Å². The molecular weight excluding hydrogens is 592 g/mol. The van der Waals surface area contributed by atoms with Crippen molar-refractivity contribution in [3.8, 4) is 0 Å². The van der Waals surface area contributed by atoms with Crippen molar-refractivity contribution >= 4 is 49.8 Å². The van der Waals surface area contributed by atoms with Gasteiger partial charge in [0.1, 0.15) is 11.6 Å². The van der Waals surface area contributed by atoms with Crippen LogP contribution in [-0.4, -0.2) is 47.3 Å². The average Bonchev–Trinajstić information content (AvgIpc) is 3.56. The summed E-state index contributed by atoms with van der Waals surface area (Å²) in [4.78, 5) is 13.0. The van der Waals surface area contributed by atoms with Crippen molar-refractivity contribution in [2.24, 2.45) is 13.0 Å². The van der Waals surface area contributed by atoms with E-state index < -0.39 is 38.9 Å². The van der Waals surface area contributed by atoms with E-state index in [1.807, 2.05) is 36.4 Å². The lowest BCUT2D eigenvalue weighted by Gasteiger charge is -2.23. The molecule has 3 rings (SSSR count). The minimum atomic E-state index is -4.03. The molecule has 0 spiro atoms. The number of rotatable bonds is 12. The highest BCUT2D eigenvalue weighted by Crippen LogP contribution is 2.48. The van der Waals surface area contributed by atoms with Crippen LogP contribution in [0.4, 0.5) is 21.6 Å². The number of aromatic nitrogens is 1. The summed E-state index contributed by atoms with van der Waals surface area (Å²) >= 11 is 1.97. The van der Waals surface area contributed by atoms with E-state index in [9.17, 15) is 27.8 Å². The molecule has 35 heavy (non-hydrogen) atoms. The number of hydrogen-bond donors (Lipinski definition) is 4. The van der Waals surface area contributed by atoms with E-state index in [0.717, 1.165) is 0 Å². The van der Waals surface area contributed by atoms with Gasteiger partial charge in [0.25, 0.3) is 5.56 Å². The van der Waals surface area contributed by atoms with Gasteiger partial charge < -0.3 is 20.3 Å². The average molecular weight is 623 g/mol. The Bertz CT molecular complexity index is 1230. The number of halogens is 2. The maximum atomic E-state index is 14.6. The molecule has 9 nitrogen and oxygen atoms in total. The van der Waals surface area contributed by atoms with Crippen LogP contribution in [0.1, 0.15) is 38.7 Å². The fourth-order valence-electron chi connectivity index (χ4n) is 3.73. The Morgan fingerprint density at radius 2 is 1.94 bits per heavy atom. The summed E-state index contributed by atoms with van der Waals surface area (Å²) in [6, 6.07) is 5.89. The summed E-state index contributed by atoms with van der Waals surface area (Å²) < 4.78 is 50.1. The molecule has 1 aliphatic carbocycles. The van der Waals surface area contributed by atoms with Gasteiger partial charge in [0.15, 0.2) is 0 Å². The van der Waals surface area contributed by atoms with Crippen LogP contribution in [0, 0.1) is 15.3 Å². The molecule has 4 N–H and O–H groups in total. The van der Waals surface area contributed by atoms with E-state index in [4.69, 9.17) is 4.74 Å². The Balaban J connectivity index is 2.03. The maximum absolute atomic E-state index is 14.6. The molecule has 0 radical (unpaired) electrons. The number of anilines is 3. The summed E-state index contributed by atoms with van der Waals surface area (Å²) in [6.45, 7) is 3.78. The molecule has 1 aromatic carbocycles. The molecule has 1 unspecified atom stereocenters. The lowest BCUT2D eigenvalue weighted by molar-refractivity contribution is 0.0858. The molecule has 1 saturated carbocycles. The SMILES string of the molecule is CC(C)COCc1cc(NS(=O)(=O)C2(CC(O)CO)CC2)c(Nc2ccc(I)cc2F)n(C)c1=O. The topological polar surface area (TPSA) is 130 Å². The lowest BCUT2D eigenvalue weighted by Crippen LogP contribution is -2.35. The number of benzene rings is 1. The molecule has 1 fully saturated rings. The predicted molar refractivity (Wildman–Crippen MR) is 141 cm³/mol. The molecule has 12 heteroatoms. The molecule has 1 aromatic heterocycles. The third kappa shape index (κ3) is 6.53. The second kappa shape index (κ2) is 11.1. The van der Waals surface area contributed by atoms with Gasteiger partial charge in [0.2, 0.25) is 10.0 Å². The molecule has 1 atom stereocenters. The number of hydrogen-bond acceptors (Lipinski definition) is 7. The first-order chi connectivity index (χ1) is 16.4. The van der Waals surface area contributed by atoms with Crippen LogP contribution in [0.15, 0.2) is 29.1 Å². The van der Waals surface area contributed by atoms with Crippen molar-refractivity contribution < 1.29 is 27.8 Å². The van der Waals surface area contributed by atoms with Gasteiger partial charge in [-0.1, -0.05) is 13.8 Å². The largest absolute Gasteiger partial charge is 0.394 e. The van der Waals surface area contributed by atoms with Crippen LogP contribution in [0.3, 0.4) is 0 Å². The van der Waals surface area contributed by atoms with Gasteiger partial charge in [0.05, 0.1) is 35.4 Å². The van der Waals surface area contributed by atoms with Crippen LogP contribution < -0.4 is 15.6 Å². The first-order valence-corrected chi connectivity index (χ1v) is 13.8. The quantitative estimate of drug-likeness (QED) is 0.268. The number of nitrogens with one attached hydrogen (secondary N) is 2. The molecule has 1 aliphatic rings. The van der Waals surface area contributed by atoms with Crippen molar-refractivity contribution in [1.29, 1.82) is 0 Å². The van der Waals surface area contributed by atoms with E-state index >= 15 is 0 Å². The van der Waals surface area contributed by atoms with E-state index in [1.54, 1.807) is 6.07 Å². The summed E-state index contributed by atoms with van der Waals surface area (Å²) in [6.07, 6.45) is -0.648. The highest BCUT2D eigenvalue weighted by atomic mass is 127. The number of nitrogens with zero attached hydrogens (tertiary/aromatic N) is 1. The minimum Gasteiger partial charge on any atom is -0.394 e. The summed E-state index contributed by atoms with van der Waals surface area (Å²) in [7, 11) is -2.57. The zero-order valence-electron chi connectivity index (χ0n) is 19.8. The Morgan fingerprint density at radius 1 is 1.26 bits per heavy atom. The molecule has 0 saturated heterocycles. The normalized spacial score (nSPS) is 15.8. The van der Waals surface area contributed by atoms with Crippen LogP contribution in [-0.2, 0) is 28.4 Å². The number of pyridine rings is 1. The number of sulfonamides is 1. The van der Waals surface area contributed by atoms with Gasteiger partial charge in [-0.2, -0.15) is 0 Å². The molecule has 0 amide bonds. The van der Waals surface area contributed by atoms with E-state index in [0.29, 0.717) is 23.0 Å². The molecule has 0 aliphatic heterocycles. The number of aliphatic hydroxyl groups excluding tert-OH is 2. The van der Waals surface area contributed by atoms with Crippen LogP contribution >= 0.6 is 22.6 Å². The molecule has 2 aromatic rings. The fourth-order valence-corrected chi connectivity index (χ4v) is 5.89. The van der Waals surface area contributed by atoms with Gasteiger partial charge in [-0.15, -0.1) is 0 Å². The van der Waals surface area contributed by atoms with Crippen LogP contribution in [0.25, 0.3) is 0 Å². The van der Waals surface area contributed by atoms with E-state index in [-0.39, 0.29) is 41.7 Å². The zero-order valence-corrected chi connectivity index (χ0v) is 22.8. The Morgan fingerprint density at radius 3 is 2.51 bits per heavy atom. The predicted octanol–water partition coefficient (Wildman–Crippen LogP) is 3.06. The highest BCUT2D eigenvalue weighted by Gasteiger charge is 2.55. The number of aliphatic hydroxyl groups is 2.